The van der Waals surface area contributed by atoms with Crippen LogP contribution < -0.4 is 16.6 Å². The molecule has 0 spiro atoms. The highest BCUT2D eigenvalue weighted by atomic mass is 127. The van der Waals surface area contributed by atoms with Crippen molar-refractivity contribution in [3.8, 4) is 0 Å². The lowest BCUT2D eigenvalue weighted by Crippen LogP contribution is -2.12. The standard InChI is InChI=1S/C11H12IN5/c1-7-6-10(16-11(14-7)17-13)15-9-5-3-2-4-8(9)12/h2-6H,13H2,1H3,(H2,14,15,16,17). The van der Waals surface area contributed by atoms with Crippen molar-refractivity contribution < 1.29 is 0 Å². The van der Waals surface area contributed by atoms with Gasteiger partial charge in [-0.25, -0.2) is 10.8 Å². The van der Waals surface area contributed by atoms with Crippen LogP contribution in [0.2, 0.25) is 0 Å². The smallest absolute Gasteiger partial charge is 0.239 e. The van der Waals surface area contributed by atoms with E-state index in [1.807, 2.05) is 37.3 Å². The number of anilines is 3. The molecule has 0 amide bonds. The molecule has 0 unspecified atom stereocenters. The van der Waals surface area contributed by atoms with Gasteiger partial charge in [0, 0.05) is 15.3 Å². The minimum atomic E-state index is 0.401. The molecular weight excluding hydrogens is 329 g/mol. The summed E-state index contributed by atoms with van der Waals surface area (Å²) < 4.78 is 1.13. The predicted octanol–water partition coefficient (Wildman–Crippen LogP) is 2.42. The molecule has 0 aliphatic rings. The summed E-state index contributed by atoms with van der Waals surface area (Å²) in [6, 6.07) is 9.85. The number of rotatable bonds is 3. The van der Waals surface area contributed by atoms with Gasteiger partial charge in [0.1, 0.15) is 5.82 Å². The SMILES string of the molecule is Cc1cc(Nc2ccccc2I)nc(NN)n1. The van der Waals surface area contributed by atoms with E-state index in [2.05, 4.69) is 43.3 Å². The van der Waals surface area contributed by atoms with Gasteiger partial charge in [0.05, 0.1) is 5.69 Å². The second-order valence-electron chi connectivity index (χ2n) is 3.47. The van der Waals surface area contributed by atoms with E-state index in [0.717, 1.165) is 20.8 Å². The maximum Gasteiger partial charge on any atom is 0.239 e. The number of nitrogen functional groups attached to an aromatic ring is 1. The third-order valence-corrected chi connectivity index (χ3v) is 3.06. The van der Waals surface area contributed by atoms with Crippen LogP contribution in [0.25, 0.3) is 0 Å². The molecule has 0 bridgehead atoms. The number of hydrogen-bond acceptors (Lipinski definition) is 5. The number of aryl methyl sites for hydroxylation is 1. The number of hydrogen-bond donors (Lipinski definition) is 3. The van der Waals surface area contributed by atoms with Crippen molar-refractivity contribution in [1.29, 1.82) is 0 Å². The summed E-state index contributed by atoms with van der Waals surface area (Å²) in [6.07, 6.45) is 0. The first-order valence-corrected chi connectivity index (χ1v) is 6.11. The molecule has 0 aliphatic carbocycles. The maximum atomic E-state index is 5.31. The number of para-hydroxylation sites is 1. The van der Waals surface area contributed by atoms with E-state index in [-0.39, 0.29) is 0 Å². The second-order valence-corrected chi connectivity index (χ2v) is 4.63. The topological polar surface area (TPSA) is 75.9 Å². The molecule has 0 atom stereocenters. The number of hydrazine groups is 1. The van der Waals surface area contributed by atoms with E-state index in [1.165, 1.54) is 0 Å². The summed E-state index contributed by atoms with van der Waals surface area (Å²) in [5.41, 5.74) is 4.30. The molecule has 17 heavy (non-hydrogen) atoms. The van der Waals surface area contributed by atoms with Crippen LogP contribution in [0.3, 0.4) is 0 Å². The Morgan fingerprint density at radius 3 is 2.71 bits per heavy atom. The fourth-order valence-electron chi connectivity index (χ4n) is 1.40. The monoisotopic (exact) mass is 341 g/mol. The fraction of sp³-hybridized carbons (Fsp3) is 0.0909. The first-order chi connectivity index (χ1) is 8.19. The molecule has 2 aromatic rings. The Kier molecular flexibility index (Phi) is 3.75. The predicted molar refractivity (Wildman–Crippen MR) is 77.0 cm³/mol. The molecule has 1 aromatic heterocycles. The molecular formula is C11H12IN5. The third-order valence-electron chi connectivity index (χ3n) is 2.12. The van der Waals surface area contributed by atoms with Gasteiger partial charge >= 0.3 is 0 Å². The Morgan fingerprint density at radius 1 is 1.24 bits per heavy atom. The van der Waals surface area contributed by atoms with Crippen molar-refractivity contribution >= 4 is 40.0 Å². The summed E-state index contributed by atoms with van der Waals surface area (Å²) in [5.74, 6) is 6.43. The zero-order valence-electron chi connectivity index (χ0n) is 9.24. The minimum absolute atomic E-state index is 0.401. The number of nitrogens with two attached hydrogens (primary N) is 1. The number of benzene rings is 1. The van der Waals surface area contributed by atoms with Crippen molar-refractivity contribution in [2.45, 2.75) is 6.92 Å². The van der Waals surface area contributed by atoms with Crippen LogP contribution in [-0.4, -0.2) is 9.97 Å². The van der Waals surface area contributed by atoms with Gasteiger partial charge in [0.2, 0.25) is 5.95 Å². The van der Waals surface area contributed by atoms with Crippen LogP contribution in [0, 0.1) is 10.5 Å². The number of nitrogens with zero attached hydrogens (tertiary/aromatic N) is 2. The molecule has 0 aliphatic heterocycles. The van der Waals surface area contributed by atoms with E-state index in [0.29, 0.717) is 5.95 Å². The van der Waals surface area contributed by atoms with E-state index in [1.54, 1.807) is 0 Å². The van der Waals surface area contributed by atoms with E-state index >= 15 is 0 Å². The molecule has 5 nitrogen and oxygen atoms in total. The van der Waals surface area contributed by atoms with Gasteiger partial charge in [-0.1, -0.05) is 12.1 Å². The molecule has 0 radical (unpaired) electrons. The van der Waals surface area contributed by atoms with E-state index in [9.17, 15) is 0 Å². The lowest BCUT2D eigenvalue weighted by atomic mass is 10.3. The quantitative estimate of drug-likeness (QED) is 0.454. The first kappa shape index (κ1) is 12.1. The molecule has 4 N–H and O–H groups in total. The Bertz CT molecular complexity index is 529. The molecule has 0 fully saturated rings. The highest BCUT2D eigenvalue weighted by molar-refractivity contribution is 14.1. The van der Waals surface area contributed by atoms with E-state index < -0.39 is 0 Å². The Morgan fingerprint density at radius 2 is 2.00 bits per heavy atom. The maximum absolute atomic E-state index is 5.31. The number of aromatic nitrogens is 2. The summed E-state index contributed by atoms with van der Waals surface area (Å²) in [7, 11) is 0. The van der Waals surface area contributed by atoms with Gasteiger partial charge in [-0.05, 0) is 41.6 Å². The molecule has 0 saturated heterocycles. The molecule has 1 aromatic carbocycles. The van der Waals surface area contributed by atoms with Gasteiger partial charge in [-0.2, -0.15) is 4.98 Å². The lowest BCUT2D eigenvalue weighted by Gasteiger charge is -2.09. The van der Waals surface area contributed by atoms with Gasteiger partial charge < -0.3 is 5.32 Å². The summed E-state index contributed by atoms with van der Waals surface area (Å²) in [5, 5.41) is 3.23. The summed E-state index contributed by atoms with van der Waals surface area (Å²) >= 11 is 2.27. The largest absolute Gasteiger partial charge is 0.339 e. The van der Waals surface area contributed by atoms with Crippen molar-refractivity contribution in [3.63, 3.8) is 0 Å². The normalized spacial score (nSPS) is 10.1. The van der Waals surface area contributed by atoms with Crippen molar-refractivity contribution in [1.82, 2.24) is 9.97 Å². The molecule has 0 saturated carbocycles. The molecule has 6 heteroatoms. The fourth-order valence-corrected chi connectivity index (χ4v) is 1.92. The third kappa shape index (κ3) is 3.04. The zero-order valence-corrected chi connectivity index (χ0v) is 11.4. The van der Waals surface area contributed by atoms with Crippen molar-refractivity contribution in [2.75, 3.05) is 10.7 Å². The minimum Gasteiger partial charge on any atom is -0.339 e. The van der Waals surface area contributed by atoms with Crippen LogP contribution in [0.4, 0.5) is 17.5 Å². The highest BCUT2D eigenvalue weighted by Gasteiger charge is 2.03. The van der Waals surface area contributed by atoms with Gasteiger partial charge in [-0.15, -0.1) is 0 Å². The summed E-state index contributed by atoms with van der Waals surface area (Å²) in [6.45, 7) is 1.89. The van der Waals surface area contributed by atoms with Crippen LogP contribution in [0.15, 0.2) is 30.3 Å². The van der Waals surface area contributed by atoms with Crippen molar-refractivity contribution in [3.05, 3.63) is 39.6 Å². The van der Waals surface area contributed by atoms with E-state index in [4.69, 9.17) is 5.84 Å². The molecule has 88 valence electrons. The first-order valence-electron chi connectivity index (χ1n) is 5.03. The lowest BCUT2D eigenvalue weighted by molar-refractivity contribution is 1.07. The molecule has 1 heterocycles. The van der Waals surface area contributed by atoms with Gasteiger partial charge in [-0.3, -0.25) is 5.43 Å². The Balaban J connectivity index is 2.30. The zero-order chi connectivity index (χ0) is 12.3. The number of nitrogens with one attached hydrogen (secondary N) is 2. The van der Waals surface area contributed by atoms with Gasteiger partial charge in [0.25, 0.3) is 0 Å². The molecule has 2 rings (SSSR count). The van der Waals surface area contributed by atoms with Crippen LogP contribution in [0.1, 0.15) is 5.69 Å². The van der Waals surface area contributed by atoms with Crippen LogP contribution >= 0.6 is 22.6 Å². The second kappa shape index (κ2) is 5.28. The number of halogens is 1. The average molecular weight is 341 g/mol. The van der Waals surface area contributed by atoms with Gasteiger partial charge in [0.15, 0.2) is 0 Å². The van der Waals surface area contributed by atoms with Crippen LogP contribution in [-0.2, 0) is 0 Å². The Hall–Kier alpha value is -1.41. The van der Waals surface area contributed by atoms with Crippen LogP contribution in [0.5, 0.6) is 0 Å². The summed E-state index contributed by atoms with van der Waals surface area (Å²) in [4.78, 5) is 8.35. The Labute approximate surface area is 113 Å². The highest BCUT2D eigenvalue weighted by Crippen LogP contribution is 2.21. The van der Waals surface area contributed by atoms with Crippen molar-refractivity contribution in [2.24, 2.45) is 5.84 Å². The average Bonchev–Trinajstić information content (AvgIpc) is 2.31.